The fourth-order valence-electron chi connectivity index (χ4n) is 1.00. The Kier molecular flexibility index (Phi) is 4.05. The molecular weight excluding hydrogens is 212 g/mol. The standard InChI is InChI=1S/C10H12N2O2S/c1-2-14-10(13)12-8-5-3-7(4-6-8)9(11)15/h3-6H,2H2,1H3,(H2,11,15)(H,12,13). The van der Waals surface area contributed by atoms with Crippen LogP contribution in [0.2, 0.25) is 0 Å². The van der Waals surface area contributed by atoms with Crippen molar-refractivity contribution in [1.82, 2.24) is 0 Å². The Morgan fingerprint density at radius 3 is 2.53 bits per heavy atom. The van der Waals surface area contributed by atoms with E-state index >= 15 is 0 Å². The quantitative estimate of drug-likeness (QED) is 0.769. The average molecular weight is 224 g/mol. The molecule has 4 nitrogen and oxygen atoms in total. The summed E-state index contributed by atoms with van der Waals surface area (Å²) in [5.41, 5.74) is 6.84. The molecule has 80 valence electrons. The molecule has 1 rings (SSSR count). The number of thiocarbonyl (C=S) groups is 1. The van der Waals surface area contributed by atoms with Gasteiger partial charge in [0.1, 0.15) is 4.99 Å². The van der Waals surface area contributed by atoms with Crippen LogP contribution in [0.3, 0.4) is 0 Å². The number of nitrogens with two attached hydrogens (primary N) is 1. The molecule has 0 atom stereocenters. The third kappa shape index (κ3) is 3.55. The van der Waals surface area contributed by atoms with Crippen LogP contribution in [0.25, 0.3) is 0 Å². The lowest BCUT2D eigenvalue weighted by Gasteiger charge is -2.05. The molecular formula is C10H12N2O2S. The van der Waals surface area contributed by atoms with Gasteiger partial charge in [-0.2, -0.15) is 0 Å². The van der Waals surface area contributed by atoms with Gasteiger partial charge in [-0.3, -0.25) is 5.32 Å². The number of anilines is 1. The third-order valence-electron chi connectivity index (χ3n) is 1.69. The van der Waals surface area contributed by atoms with E-state index < -0.39 is 6.09 Å². The maximum atomic E-state index is 11.0. The molecule has 0 aliphatic heterocycles. The number of hydrogen-bond donors (Lipinski definition) is 2. The van der Waals surface area contributed by atoms with Crippen molar-refractivity contribution in [2.75, 3.05) is 11.9 Å². The van der Waals surface area contributed by atoms with Crippen molar-refractivity contribution in [3.8, 4) is 0 Å². The van der Waals surface area contributed by atoms with E-state index in [0.29, 0.717) is 17.3 Å². The highest BCUT2D eigenvalue weighted by molar-refractivity contribution is 7.80. The first kappa shape index (κ1) is 11.5. The van der Waals surface area contributed by atoms with Gasteiger partial charge in [0, 0.05) is 11.3 Å². The SMILES string of the molecule is CCOC(=O)Nc1ccc(C(N)=S)cc1. The number of ether oxygens (including phenoxy) is 1. The highest BCUT2D eigenvalue weighted by Crippen LogP contribution is 2.09. The number of hydrogen-bond acceptors (Lipinski definition) is 3. The summed E-state index contributed by atoms with van der Waals surface area (Å²) in [4.78, 5) is 11.4. The van der Waals surface area contributed by atoms with E-state index in [9.17, 15) is 4.79 Å². The molecule has 15 heavy (non-hydrogen) atoms. The fraction of sp³-hybridized carbons (Fsp3) is 0.200. The second kappa shape index (κ2) is 5.31. The van der Waals surface area contributed by atoms with E-state index in [0.717, 1.165) is 5.56 Å². The fourth-order valence-corrected chi connectivity index (χ4v) is 1.14. The maximum absolute atomic E-state index is 11.0. The third-order valence-corrected chi connectivity index (χ3v) is 1.93. The van der Waals surface area contributed by atoms with Crippen molar-refractivity contribution >= 4 is 29.0 Å². The first-order chi connectivity index (χ1) is 7.13. The summed E-state index contributed by atoms with van der Waals surface area (Å²) in [5, 5.41) is 2.56. The molecule has 0 radical (unpaired) electrons. The highest BCUT2D eigenvalue weighted by Gasteiger charge is 2.01. The van der Waals surface area contributed by atoms with Crippen LogP contribution < -0.4 is 11.1 Å². The van der Waals surface area contributed by atoms with Crippen molar-refractivity contribution in [2.24, 2.45) is 5.73 Å². The van der Waals surface area contributed by atoms with Gasteiger partial charge in [-0.25, -0.2) is 4.79 Å². The van der Waals surface area contributed by atoms with Crippen LogP contribution in [0.15, 0.2) is 24.3 Å². The molecule has 5 heteroatoms. The van der Waals surface area contributed by atoms with Crippen molar-refractivity contribution in [2.45, 2.75) is 6.92 Å². The lowest BCUT2D eigenvalue weighted by Crippen LogP contribution is -2.14. The van der Waals surface area contributed by atoms with Crippen molar-refractivity contribution in [3.63, 3.8) is 0 Å². The Balaban J connectivity index is 2.64. The number of rotatable bonds is 3. The number of carbonyl (C=O) groups excluding carboxylic acids is 1. The zero-order chi connectivity index (χ0) is 11.3. The normalized spacial score (nSPS) is 9.40. The van der Waals surface area contributed by atoms with Crippen LogP contribution in [-0.4, -0.2) is 17.7 Å². The van der Waals surface area contributed by atoms with E-state index in [1.807, 2.05) is 0 Å². The Labute approximate surface area is 93.4 Å². The molecule has 1 aromatic rings. The molecule has 1 amide bonds. The van der Waals surface area contributed by atoms with E-state index in [1.165, 1.54) is 0 Å². The first-order valence-electron chi connectivity index (χ1n) is 4.47. The summed E-state index contributed by atoms with van der Waals surface area (Å²) in [7, 11) is 0. The van der Waals surface area contributed by atoms with Crippen LogP contribution in [0.5, 0.6) is 0 Å². The summed E-state index contributed by atoms with van der Waals surface area (Å²) in [6.45, 7) is 2.09. The molecule has 0 spiro atoms. The van der Waals surface area contributed by atoms with Crippen LogP contribution in [-0.2, 0) is 4.74 Å². The maximum Gasteiger partial charge on any atom is 0.411 e. The predicted molar refractivity (Wildman–Crippen MR) is 63.0 cm³/mol. The number of carbonyl (C=O) groups is 1. The molecule has 3 N–H and O–H groups in total. The monoisotopic (exact) mass is 224 g/mol. The van der Waals surface area contributed by atoms with Crippen LogP contribution in [0, 0.1) is 0 Å². The Hall–Kier alpha value is -1.62. The molecule has 0 bridgehead atoms. The zero-order valence-corrected chi connectivity index (χ0v) is 9.14. The summed E-state index contributed by atoms with van der Waals surface area (Å²) in [6, 6.07) is 6.91. The van der Waals surface area contributed by atoms with Gasteiger partial charge in [0.2, 0.25) is 0 Å². The molecule has 0 saturated heterocycles. The highest BCUT2D eigenvalue weighted by atomic mass is 32.1. The second-order valence-corrected chi connectivity index (χ2v) is 3.23. The molecule has 0 fully saturated rings. The molecule has 0 aliphatic carbocycles. The summed E-state index contributed by atoms with van der Waals surface area (Å²) in [5.74, 6) is 0. The number of amides is 1. The average Bonchev–Trinajstić information content (AvgIpc) is 2.18. The minimum absolute atomic E-state index is 0.331. The molecule has 0 aromatic heterocycles. The van der Waals surface area contributed by atoms with E-state index in [1.54, 1.807) is 31.2 Å². The first-order valence-corrected chi connectivity index (χ1v) is 4.88. The molecule has 0 heterocycles. The lowest BCUT2D eigenvalue weighted by molar-refractivity contribution is 0.168. The lowest BCUT2D eigenvalue weighted by atomic mass is 10.2. The Morgan fingerprint density at radius 1 is 1.47 bits per heavy atom. The number of benzene rings is 1. The van der Waals surface area contributed by atoms with Gasteiger partial charge in [0.15, 0.2) is 0 Å². The van der Waals surface area contributed by atoms with Gasteiger partial charge in [-0.15, -0.1) is 0 Å². The molecule has 0 aliphatic rings. The van der Waals surface area contributed by atoms with Crippen molar-refractivity contribution < 1.29 is 9.53 Å². The molecule has 1 aromatic carbocycles. The summed E-state index contributed by atoms with van der Waals surface area (Å²) in [6.07, 6.45) is -0.472. The molecule has 0 saturated carbocycles. The van der Waals surface area contributed by atoms with Gasteiger partial charge >= 0.3 is 6.09 Å². The molecule has 0 unspecified atom stereocenters. The summed E-state index contributed by atoms with van der Waals surface area (Å²) >= 11 is 4.80. The van der Waals surface area contributed by atoms with Crippen molar-refractivity contribution in [1.29, 1.82) is 0 Å². The van der Waals surface area contributed by atoms with Crippen molar-refractivity contribution in [3.05, 3.63) is 29.8 Å². The van der Waals surface area contributed by atoms with E-state index in [-0.39, 0.29) is 0 Å². The minimum atomic E-state index is -0.472. The predicted octanol–water partition coefficient (Wildman–Crippen LogP) is 1.89. The van der Waals surface area contributed by atoms with Crippen LogP contribution >= 0.6 is 12.2 Å². The van der Waals surface area contributed by atoms with E-state index in [4.69, 9.17) is 22.7 Å². The van der Waals surface area contributed by atoms with Gasteiger partial charge in [0.25, 0.3) is 0 Å². The van der Waals surface area contributed by atoms with Gasteiger partial charge < -0.3 is 10.5 Å². The Bertz CT molecular complexity index is 362. The van der Waals surface area contributed by atoms with E-state index in [2.05, 4.69) is 5.32 Å². The van der Waals surface area contributed by atoms with Gasteiger partial charge in [-0.1, -0.05) is 12.2 Å². The van der Waals surface area contributed by atoms with Gasteiger partial charge in [0.05, 0.1) is 6.61 Å². The summed E-state index contributed by atoms with van der Waals surface area (Å²) < 4.78 is 4.72. The second-order valence-electron chi connectivity index (χ2n) is 2.79. The minimum Gasteiger partial charge on any atom is -0.450 e. The van der Waals surface area contributed by atoms with Crippen LogP contribution in [0.4, 0.5) is 10.5 Å². The zero-order valence-electron chi connectivity index (χ0n) is 8.32. The Morgan fingerprint density at radius 2 is 2.07 bits per heavy atom. The topological polar surface area (TPSA) is 64.3 Å². The van der Waals surface area contributed by atoms with Crippen LogP contribution in [0.1, 0.15) is 12.5 Å². The largest absolute Gasteiger partial charge is 0.450 e. The number of nitrogens with one attached hydrogen (secondary N) is 1. The smallest absolute Gasteiger partial charge is 0.411 e. The van der Waals surface area contributed by atoms with Gasteiger partial charge in [-0.05, 0) is 31.2 Å².